The van der Waals surface area contributed by atoms with Gasteiger partial charge in [0.05, 0.1) is 25.4 Å². The number of rotatable bonds is 7. The Kier molecular flexibility index (Phi) is 6.88. The van der Waals surface area contributed by atoms with Gasteiger partial charge in [-0.1, -0.05) is 24.3 Å². The number of morpholine rings is 1. The van der Waals surface area contributed by atoms with E-state index < -0.39 is 5.60 Å². The molecule has 26 heavy (non-hydrogen) atoms. The van der Waals surface area contributed by atoms with Crippen LogP contribution in [0.1, 0.15) is 37.3 Å². The summed E-state index contributed by atoms with van der Waals surface area (Å²) in [6, 6.07) is 8.52. The fourth-order valence-electron chi connectivity index (χ4n) is 3.38. The van der Waals surface area contributed by atoms with Crippen LogP contribution >= 0.6 is 0 Å². The van der Waals surface area contributed by atoms with Crippen molar-refractivity contribution in [2.24, 2.45) is 4.99 Å². The fourth-order valence-corrected chi connectivity index (χ4v) is 3.38. The number of nitrogens with one attached hydrogen (secondary N) is 2. The molecule has 6 nitrogen and oxygen atoms in total. The molecule has 6 heteroatoms. The van der Waals surface area contributed by atoms with Crippen molar-refractivity contribution in [3.63, 3.8) is 0 Å². The lowest BCUT2D eigenvalue weighted by molar-refractivity contribution is -0.0279. The van der Waals surface area contributed by atoms with Crippen LogP contribution in [-0.2, 0) is 17.8 Å². The van der Waals surface area contributed by atoms with Gasteiger partial charge in [-0.2, -0.15) is 0 Å². The summed E-state index contributed by atoms with van der Waals surface area (Å²) in [4.78, 5) is 7.17. The second kappa shape index (κ2) is 9.35. The van der Waals surface area contributed by atoms with Crippen LogP contribution in [-0.4, -0.2) is 61.0 Å². The summed E-state index contributed by atoms with van der Waals surface area (Å²) >= 11 is 0. The lowest BCUT2D eigenvalue weighted by Gasteiger charge is -2.37. The van der Waals surface area contributed by atoms with Crippen molar-refractivity contribution < 1.29 is 9.84 Å². The fraction of sp³-hybridized carbons (Fsp3) is 0.650. The Balaban J connectivity index is 1.60. The second-order valence-electron chi connectivity index (χ2n) is 7.28. The van der Waals surface area contributed by atoms with Gasteiger partial charge in [-0.15, -0.1) is 0 Å². The molecule has 1 aromatic rings. The first-order valence-electron chi connectivity index (χ1n) is 9.80. The molecule has 0 amide bonds. The normalized spacial score (nSPS) is 20.5. The molecule has 0 radical (unpaired) electrons. The summed E-state index contributed by atoms with van der Waals surface area (Å²) in [5, 5.41) is 16.8. The number of ether oxygens (including phenoxy) is 1. The average molecular weight is 361 g/mol. The number of aliphatic hydroxyl groups is 1. The van der Waals surface area contributed by atoms with Crippen LogP contribution in [0.2, 0.25) is 0 Å². The number of hydrogen-bond donors (Lipinski definition) is 3. The van der Waals surface area contributed by atoms with Crippen LogP contribution in [0.15, 0.2) is 29.3 Å². The van der Waals surface area contributed by atoms with Gasteiger partial charge >= 0.3 is 0 Å². The van der Waals surface area contributed by atoms with Gasteiger partial charge in [0.25, 0.3) is 0 Å². The molecule has 2 aliphatic rings. The van der Waals surface area contributed by atoms with E-state index in [1.807, 2.05) is 0 Å². The highest BCUT2D eigenvalue weighted by molar-refractivity contribution is 5.79. The molecule has 0 bridgehead atoms. The summed E-state index contributed by atoms with van der Waals surface area (Å²) in [6.45, 7) is 8.61. The van der Waals surface area contributed by atoms with Crippen molar-refractivity contribution in [2.45, 2.75) is 44.9 Å². The summed E-state index contributed by atoms with van der Waals surface area (Å²) in [5.74, 6) is 0.772. The largest absolute Gasteiger partial charge is 0.388 e. The van der Waals surface area contributed by atoms with Gasteiger partial charge in [-0.05, 0) is 37.3 Å². The van der Waals surface area contributed by atoms with E-state index in [0.717, 1.165) is 64.6 Å². The van der Waals surface area contributed by atoms with Crippen molar-refractivity contribution in [2.75, 3.05) is 39.4 Å². The highest BCUT2D eigenvalue weighted by Gasteiger charge is 2.34. The first-order valence-corrected chi connectivity index (χ1v) is 9.80. The maximum absolute atomic E-state index is 10.3. The molecule has 0 atom stereocenters. The monoisotopic (exact) mass is 360 g/mol. The van der Waals surface area contributed by atoms with Crippen molar-refractivity contribution in [1.29, 1.82) is 0 Å². The van der Waals surface area contributed by atoms with Crippen LogP contribution in [0, 0.1) is 0 Å². The highest BCUT2D eigenvalue weighted by atomic mass is 16.5. The van der Waals surface area contributed by atoms with E-state index in [9.17, 15) is 5.11 Å². The van der Waals surface area contributed by atoms with E-state index in [1.165, 1.54) is 11.1 Å². The van der Waals surface area contributed by atoms with Crippen molar-refractivity contribution >= 4 is 5.96 Å². The third-order valence-corrected chi connectivity index (χ3v) is 5.24. The smallest absolute Gasteiger partial charge is 0.191 e. The van der Waals surface area contributed by atoms with Gasteiger partial charge in [0.15, 0.2) is 5.96 Å². The van der Waals surface area contributed by atoms with Crippen LogP contribution in [0.3, 0.4) is 0 Å². The Labute approximate surface area is 156 Å². The number of benzene rings is 1. The molecule has 0 unspecified atom stereocenters. The van der Waals surface area contributed by atoms with Crippen LogP contribution in [0.25, 0.3) is 0 Å². The zero-order valence-corrected chi connectivity index (χ0v) is 15.8. The van der Waals surface area contributed by atoms with E-state index in [2.05, 4.69) is 46.7 Å². The standard InChI is InChI=1S/C20H32N4O2/c1-2-21-19(23-16-20(25)8-5-9-20)22-14-17-6-3-4-7-18(17)15-24-10-12-26-13-11-24/h3-4,6-7,25H,2,5,8-16H2,1H3,(H2,21,22,23). The molecule has 2 fully saturated rings. The highest BCUT2D eigenvalue weighted by Crippen LogP contribution is 2.30. The Morgan fingerprint density at radius 3 is 2.58 bits per heavy atom. The predicted octanol–water partition coefficient (Wildman–Crippen LogP) is 1.49. The molecule has 1 saturated heterocycles. The third-order valence-electron chi connectivity index (χ3n) is 5.24. The van der Waals surface area contributed by atoms with Crippen molar-refractivity contribution in [3.8, 4) is 0 Å². The third kappa shape index (κ3) is 5.43. The molecule has 1 aliphatic heterocycles. The Morgan fingerprint density at radius 2 is 1.92 bits per heavy atom. The SMILES string of the molecule is CCNC(=NCc1ccccc1CN1CCOCC1)NCC1(O)CCC1. The van der Waals surface area contributed by atoms with Gasteiger partial charge in [-0.25, -0.2) is 4.99 Å². The lowest BCUT2D eigenvalue weighted by atomic mass is 9.80. The molecule has 1 aliphatic carbocycles. The zero-order chi connectivity index (χ0) is 18.2. The summed E-state index contributed by atoms with van der Waals surface area (Å²) in [7, 11) is 0. The molecule has 0 aromatic heterocycles. The second-order valence-corrected chi connectivity index (χ2v) is 7.28. The van der Waals surface area contributed by atoms with Gasteiger partial charge in [0, 0.05) is 32.7 Å². The summed E-state index contributed by atoms with van der Waals surface area (Å²) in [6.07, 6.45) is 2.87. The van der Waals surface area contributed by atoms with Gasteiger partial charge < -0.3 is 20.5 Å². The predicted molar refractivity (Wildman–Crippen MR) is 104 cm³/mol. The topological polar surface area (TPSA) is 69.1 Å². The minimum Gasteiger partial charge on any atom is -0.388 e. The molecular weight excluding hydrogens is 328 g/mol. The molecule has 0 spiro atoms. The van der Waals surface area contributed by atoms with Gasteiger partial charge in [0.1, 0.15) is 0 Å². The Bertz CT molecular complexity index is 595. The number of hydrogen-bond acceptors (Lipinski definition) is 4. The van der Waals surface area contributed by atoms with E-state index in [1.54, 1.807) is 0 Å². The van der Waals surface area contributed by atoms with E-state index >= 15 is 0 Å². The van der Waals surface area contributed by atoms with E-state index in [0.29, 0.717) is 13.1 Å². The minimum atomic E-state index is -0.551. The van der Waals surface area contributed by atoms with Crippen molar-refractivity contribution in [3.05, 3.63) is 35.4 Å². The number of guanidine groups is 1. The summed E-state index contributed by atoms with van der Waals surface area (Å²) in [5.41, 5.74) is 2.02. The molecule has 1 saturated carbocycles. The molecule has 3 rings (SSSR count). The molecule has 144 valence electrons. The van der Waals surface area contributed by atoms with E-state index in [-0.39, 0.29) is 0 Å². The summed E-state index contributed by atoms with van der Waals surface area (Å²) < 4.78 is 5.44. The van der Waals surface area contributed by atoms with Gasteiger partial charge in [-0.3, -0.25) is 4.90 Å². The molecule has 1 heterocycles. The zero-order valence-electron chi connectivity index (χ0n) is 15.8. The first-order chi connectivity index (χ1) is 12.7. The Morgan fingerprint density at radius 1 is 1.19 bits per heavy atom. The van der Waals surface area contributed by atoms with Crippen LogP contribution in [0.4, 0.5) is 0 Å². The van der Waals surface area contributed by atoms with Gasteiger partial charge in [0.2, 0.25) is 0 Å². The maximum atomic E-state index is 10.3. The quantitative estimate of drug-likeness (QED) is 0.508. The molecule has 3 N–H and O–H groups in total. The Hall–Kier alpha value is -1.63. The average Bonchev–Trinajstić information content (AvgIpc) is 2.64. The number of aliphatic imine (C=N–C) groups is 1. The van der Waals surface area contributed by atoms with Crippen molar-refractivity contribution in [1.82, 2.24) is 15.5 Å². The molecular formula is C20H32N4O2. The maximum Gasteiger partial charge on any atom is 0.191 e. The van der Waals surface area contributed by atoms with Crippen LogP contribution in [0.5, 0.6) is 0 Å². The van der Waals surface area contributed by atoms with E-state index in [4.69, 9.17) is 9.73 Å². The number of nitrogens with zero attached hydrogens (tertiary/aromatic N) is 2. The minimum absolute atomic E-state index is 0.551. The lowest BCUT2D eigenvalue weighted by Crippen LogP contribution is -2.50. The van der Waals surface area contributed by atoms with Crippen LogP contribution < -0.4 is 10.6 Å². The first kappa shape index (κ1) is 19.1. The molecule has 1 aromatic carbocycles.